The van der Waals surface area contributed by atoms with Crippen molar-refractivity contribution in [3.8, 4) is 0 Å². The van der Waals surface area contributed by atoms with E-state index in [0.29, 0.717) is 11.7 Å². The SMILES string of the molecule is CCCCNC(=N)c1ccc(NNc2c(N)ncc3ccc(Br)cc23)cc1. The number of amidine groups is 1. The summed E-state index contributed by atoms with van der Waals surface area (Å²) in [4.78, 5) is 4.25. The van der Waals surface area contributed by atoms with Crippen LogP contribution in [0.15, 0.2) is 53.1 Å². The molecule has 7 heteroatoms. The number of rotatable bonds is 7. The molecule has 27 heavy (non-hydrogen) atoms. The van der Waals surface area contributed by atoms with Gasteiger partial charge >= 0.3 is 0 Å². The number of hydrogen-bond donors (Lipinski definition) is 5. The van der Waals surface area contributed by atoms with E-state index in [-0.39, 0.29) is 0 Å². The van der Waals surface area contributed by atoms with Crippen molar-refractivity contribution >= 4 is 49.7 Å². The van der Waals surface area contributed by atoms with Gasteiger partial charge in [0.15, 0.2) is 0 Å². The normalized spacial score (nSPS) is 10.6. The largest absolute Gasteiger partial charge is 0.382 e. The summed E-state index contributed by atoms with van der Waals surface area (Å²) in [5, 5.41) is 13.2. The Bertz CT molecular complexity index is 934. The minimum Gasteiger partial charge on any atom is -0.382 e. The lowest BCUT2D eigenvalue weighted by molar-refractivity contribution is 0.753. The van der Waals surface area contributed by atoms with Crippen LogP contribution in [0.5, 0.6) is 0 Å². The molecule has 3 aromatic rings. The van der Waals surface area contributed by atoms with Gasteiger partial charge < -0.3 is 16.5 Å². The van der Waals surface area contributed by atoms with Crippen LogP contribution in [-0.4, -0.2) is 17.4 Å². The van der Waals surface area contributed by atoms with Crippen molar-refractivity contribution in [1.29, 1.82) is 5.41 Å². The van der Waals surface area contributed by atoms with Crippen LogP contribution in [0, 0.1) is 5.41 Å². The summed E-state index contributed by atoms with van der Waals surface area (Å²) in [6, 6.07) is 13.6. The molecule has 140 valence electrons. The number of halogens is 1. The maximum atomic E-state index is 8.08. The predicted octanol–water partition coefficient (Wildman–Crippen LogP) is 4.73. The first-order chi connectivity index (χ1) is 13.1. The van der Waals surface area contributed by atoms with Crippen molar-refractivity contribution in [2.24, 2.45) is 0 Å². The number of nitrogen functional groups attached to an aromatic ring is 1. The van der Waals surface area contributed by atoms with Crippen LogP contribution < -0.4 is 21.9 Å². The summed E-state index contributed by atoms with van der Waals surface area (Å²) in [6.07, 6.45) is 3.92. The number of nitrogens with one attached hydrogen (secondary N) is 4. The molecule has 1 aromatic heterocycles. The van der Waals surface area contributed by atoms with E-state index in [1.165, 1.54) is 0 Å². The van der Waals surface area contributed by atoms with Gasteiger partial charge in [0.1, 0.15) is 17.3 Å². The zero-order chi connectivity index (χ0) is 19.2. The number of benzene rings is 2. The van der Waals surface area contributed by atoms with Crippen LogP contribution in [0.3, 0.4) is 0 Å². The first-order valence-electron chi connectivity index (χ1n) is 8.87. The van der Waals surface area contributed by atoms with Gasteiger partial charge in [-0.2, -0.15) is 0 Å². The Kier molecular flexibility index (Phi) is 6.13. The topological polar surface area (TPSA) is 98.9 Å². The van der Waals surface area contributed by atoms with Gasteiger partial charge in [-0.25, -0.2) is 4.98 Å². The summed E-state index contributed by atoms with van der Waals surface area (Å²) >= 11 is 3.50. The van der Waals surface area contributed by atoms with Gasteiger partial charge in [-0.15, -0.1) is 0 Å². The molecular weight excluding hydrogens is 404 g/mol. The van der Waals surface area contributed by atoms with E-state index >= 15 is 0 Å². The lowest BCUT2D eigenvalue weighted by Crippen LogP contribution is -2.24. The van der Waals surface area contributed by atoms with Crippen molar-refractivity contribution < 1.29 is 0 Å². The fourth-order valence-corrected chi connectivity index (χ4v) is 3.04. The van der Waals surface area contributed by atoms with Crippen molar-refractivity contribution in [2.45, 2.75) is 19.8 Å². The average molecular weight is 427 g/mol. The smallest absolute Gasteiger partial charge is 0.149 e. The van der Waals surface area contributed by atoms with Crippen molar-refractivity contribution in [1.82, 2.24) is 10.3 Å². The number of pyridine rings is 1. The number of nitrogens with zero attached hydrogens (tertiary/aromatic N) is 1. The second-order valence-electron chi connectivity index (χ2n) is 6.23. The molecular formula is C20H23BrN6. The summed E-state index contributed by atoms with van der Waals surface area (Å²) in [5.74, 6) is 0.863. The van der Waals surface area contributed by atoms with Crippen LogP contribution in [0.25, 0.3) is 10.8 Å². The third-order valence-corrected chi connectivity index (χ3v) is 4.71. The molecule has 0 aliphatic heterocycles. The summed E-state index contributed by atoms with van der Waals surface area (Å²) in [7, 11) is 0. The second kappa shape index (κ2) is 8.73. The minimum absolute atomic E-state index is 0.423. The van der Waals surface area contributed by atoms with Crippen LogP contribution in [-0.2, 0) is 0 Å². The molecule has 2 aromatic carbocycles. The predicted molar refractivity (Wildman–Crippen MR) is 117 cm³/mol. The number of aromatic nitrogens is 1. The molecule has 0 fully saturated rings. The summed E-state index contributed by atoms with van der Waals surface area (Å²) < 4.78 is 0.974. The number of hydrogen-bond acceptors (Lipinski definition) is 5. The van der Waals surface area contributed by atoms with Crippen molar-refractivity contribution in [2.75, 3.05) is 23.1 Å². The zero-order valence-electron chi connectivity index (χ0n) is 15.1. The van der Waals surface area contributed by atoms with E-state index in [0.717, 1.165) is 51.6 Å². The van der Waals surface area contributed by atoms with Crippen LogP contribution in [0.1, 0.15) is 25.3 Å². The fraction of sp³-hybridized carbons (Fsp3) is 0.200. The minimum atomic E-state index is 0.423. The third-order valence-electron chi connectivity index (χ3n) is 4.22. The molecule has 0 aliphatic rings. The maximum Gasteiger partial charge on any atom is 0.149 e. The Hall–Kier alpha value is -2.80. The maximum absolute atomic E-state index is 8.08. The van der Waals surface area contributed by atoms with Gasteiger partial charge in [0.2, 0.25) is 0 Å². The first-order valence-corrected chi connectivity index (χ1v) is 9.66. The van der Waals surface area contributed by atoms with E-state index in [2.05, 4.69) is 44.0 Å². The molecule has 0 saturated heterocycles. The number of unbranched alkanes of at least 4 members (excludes halogenated alkanes) is 1. The molecule has 0 aliphatic carbocycles. The molecule has 0 spiro atoms. The van der Waals surface area contributed by atoms with Crippen molar-refractivity contribution in [3.63, 3.8) is 0 Å². The number of hydrazine groups is 1. The van der Waals surface area contributed by atoms with E-state index in [1.54, 1.807) is 6.20 Å². The quantitative estimate of drug-likeness (QED) is 0.162. The highest BCUT2D eigenvalue weighted by Crippen LogP contribution is 2.30. The third kappa shape index (κ3) is 4.68. The Morgan fingerprint density at radius 1 is 1.15 bits per heavy atom. The van der Waals surface area contributed by atoms with Gasteiger partial charge in [-0.3, -0.25) is 10.8 Å². The highest BCUT2D eigenvalue weighted by Gasteiger charge is 2.08. The Labute approximate surface area is 167 Å². The molecule has 0 bridgehead atoms. The molecule has 0 unspecified atom stereocenters. The lowest BCUT2D eigenvalue weighted by Gasteiger charge is -2.14. The van der Waals surface area contributed by atoms with Crippen molar-refractivity contribution in [3.05, 3.63) is 58.7 Å². The van der Waals surface area contributed by atoms with E-state index in [9.17, 15) is 0 Å². The van der Waals surface area contributed by atoms with Gasteiger partial charge in [0.25, 0.3) is 0 Å². The van der Waals surface area contributed by atoms with Crippen LogP contribution in [0.2, 0.25) is 0 Å². The Balaban J connectivity index is 1.70. The number of nitrogens with two attached hydrogens (primary N) is 1. The van der Waals surface area contributed by atoms with E-state index in [1.807, 2.05) is 42.5 Å². The van der Waals surface area contributed by atoms with Crippen LogP contribution in [0.4, 0.5) is 17.2 Å². The summed E-state index contributed by atoms with van der Waals surface area (Å²) in [6.45, 7) is 2.95. The lowest BCUT2D eigenvalue weighted by atomic mass is 10.1. The highest BCUT2D eigenvalue weighted by molar-refractivity contribution is 9.10. The molecule has 6 N–H and O–H groups in total. The number of fused-ring (bicyclic) bond motifs is 1. The molecule has 0 saturated carbocycles. The standard InChI is InChI=1S/C20H23BrN6/c1-2-3-10-24-19(22)13-5-8-16(9-6-13)26-27-18-17-11-15(21)7-4-14(17)12-25-20(18)23/h4-9,11-12,26-27H,2-3,10H2,1H3,(H2,22,24)(H2,23,25). The summed E-state index contributed by atoms with van der Waals surface area (Å²) in [5.41, 5.74) is 14.8. The van der Waals surface area contributed by atoms with Gasteiger partial charge in [-0.05, 0) is 42.8 Å². The molecule has 6 nitrogen and oxygen atoms in total. The number of anilines is 3. The average Bonchev–Trinajstić information content (AvgIpc) is 2.67. The zero-order valence-corrected chi connectivity index (χ0v) is 16.7. The molecule has 3 rings (SSSR count). The Morgan fingerprint density at radius 3 is 2.67 bits per heavy atom. The molecule has 0 atom stereocenters. The first kappa shape index (κ1) is 19.0. The fourth-order valence-electron chi connectivity index (χ4n) is 2.68. The van der Waals surface area contributed by atoms with E-state index in [4.69, 9.17) is 11.1 Å². The Morgan fingerprint density at radius 2 is 1.93 bits per heavy atom. The molecule has 0 radical (unpaired) electrons. The molecule has 1 heterocycles. The monoisotopic (exact) mass is 426 g/mol. The molecule has 0 amide bonds. The van der Waals surface area contributed by atoms with Crippen LogP contribution >= 0.6 is 15.9 Å². The second-order valence-corrected chi connectivity index (χ2v) is 7.15. The van der Waals surface area contributed by atoms with Gasteiger partial charge in [0, 0.05) is 33.6 Å². The van der Waals surface area contributed by atoms with Gasteiger partial charge in [0.05, 0.1) is 5.69 Å². The van der Waals surface area contributed by atoms with Gasteiger partial charge in [-0.1, -0.05) is 35.3 Å². The van der Waals surface area contributed by atoms with E-state index < -0.39 is 0 Å². The highest BCUT2D eigenvalue weighted by atomic mass is 79.9.